The Bertz CT molecular complexity index is 463. The van der Waals surface area contributed by atoms with Gasteiger partial charge in [0.2, 0.25) is 0 Å². The van der Waals surface area contributed by atoms with Crippen molar-refractivity contribution in [3.05, 3.63) is 42.5 Å². The molecule has 20 heavy (non-hydrogen) atoms. The summed E-state index contributed by atoms with van der Waals surface area (Å²) in [6.45, 7) is 4.99. The third-order valence-electron chi connectivity index (χ3n) is 3.14. The van der Waals surface area contributed by atoms with Crippen LogP contribution < -0.4 is 10.1 Å². The first-order valence-electron chi connectivity index (χ1n) is 6.55. The van der Waals surface area contributed by atoms with Crippen molar-refractivity contribution in [2.24, 2.45) is 0 Å². The number of hydrogen-bond acceptors (Lipinski definition) is 4. The highest BCUT2D eigenvalue weighted by atomic mass is 16.5. The molecular formula is C15H19NO4. The number of hydrogen-bond donors (Lipinski definition) is 2. The number of amides is 1. The number of benzene rings is 1. The van der Waals surface area contributed by atoms with Crippen LogP contribution >= 0.6 is 0 Å². The highest BCUT2D eigenvalue weighted by molar-refractivity contribution is 5.94. The fraction of sp³-hybridized carbons (Fsp3) is 0.400. The molecule has 1 unspecified atom stereocenters. The summed E-state index contributed by atoms with van der Waals surface area (Å²) >= 11 is 0. The molecule has 1 fully saturated rings. The molecule has 2 rings (SSSR count). The summed E-state index contributed by atoms with van der Waals surface area (Å²) in [4.78, 5) is 11.9. The van der Waals surface area contributed by atoms with Gasteiger partial charge in [0.25, 0.3) is 5.91 Å². The van der Waals surface area contributed by atoms with Crippen molar-refractivity contribution in [1.82, 2.24) is 5.32 Å². The Morgan fingerprint density at radius 1 is 1.50 bits per heavy atom. The van der Waals surface area contributed by atoms with Crippen LogP contribution in [0.5, 0.6) is 5.75 Å². The summed E-state index contributed by atoms with van der Waals surface area (Å²) in [6.07, 6.45) is 2.20. The average molecular weight is 277 g/mol. The maximum absolute atomic E-state index is 11.9. The molecule has 0 aliphatic carbocycles. The summed E-state index contributed by atoms with van der Waals surface area (Å²) in [5, 5.41) is 12.8. The molecule has 1 aromatic rings. The van der Waals surface area contributed by atoms with Gasteiger partial charge in [-0.2, -0.15) is 0 Å². The molecule has 1 heterocycles. The number of aliphatic hydroxyl groups is 1. The average Bonchev–Trinajstić information content (AvgIpc) is 2.90. The second-order valence-electron chi connectivity index (χ2n) is 4.83. The molecule has 0 aromatic heterocycles. The lowest BCUT2D eigenvalue weighted by Crippen LogP contribution is -2.43. The van der Waals surface area contributed by atoms with Gasteiger partial charge in [-0.1, -0.05) is 12.7 Å². The van der Waals surface area contributed by atoms with Crippen molar-refractivity contribution >= 4 is 5.91 Å². The van der Waals surface area contributed by atoms with Crippen LogP contribution in [-0.2, 0) is 4.74 Å². The third-order valence-corrected chi connectivity index (χ3v) is 3.14. The van der Waals surface area contributed by atoms with Crippen molar-refractivity contribution in [2.45, 2.75) is 12.0 Å². The molecule has 0 saturated carbocycles. The van der Waals surface area contributed by atoms with E-state index in [2.05, 4.69) is 11.9 Å². The number of nitrogens with one attached hydrogen (secondary N) is 1. The zero-order chi connectivity index (χ0) is 14.4. The number of ether oxygens (including phenoxy) is 2. The van der Waals surface area contributed by atoms with Gasteiger partial charge in [0.1, 0.15) is 18.0 Å². The summed E-state index contributed by atoms with van der Waals surface area (Å²) in [7, 11) is 0. The van der Waals surface area contributed by atoms with Crippen molar-refractivity contribution in [3.8, 4) is 5.75 Å². The summed E-state index contributed by atoms with van der Waals surface area (Å²) in [5.74, 6) is 0.463. The van der Waals surface area contributed by atoms with Crippen LogP contribution in [-0.4, -0.2) is 43.0 Å². The van der Waals surface area contributed by atoms with E-state index < -0.39 is 5.60 Å². The molecular weight excluding hydrogens is 258 g/mol. The van der Waals surface area contributed by atoms with Gasteiger partial charge in [-0.25, -0.2) is 0 Å². The Morgan fingerprint density at radius 2 is 2.25 bits per heavy atom. The Hall–Kier alpha value is -1.85. The molecule has 5 nitrogen and oxygen atoms in total. The van der Waals surface area contributed by atoms with Gasteiger partial charge in [-0.15, -0.1) is 0 Å². The Labute approximate surface area is 118 Å². The van der Waals surface area contributed by atoms with E-state index >= 15 is 0 Å². The van der Waals surface area contributed by atoms with Gasteiger partial charge < -0.3 is 19.9 Å². The van der Waals surface area contributed by atoms with Crippen LogP contribution in [0.25, 0.3) is 0 Å². The molecule has 0 bridgehead atoms. The molecule has 1 atom stereocenters. The van der Waals surface area contributed by atoms with E-state index in [1.165, 1.54) is 0 Å². The summed E-state index contributed by atoms with van der Waals surface area (Å²) in [6, 6.07) is 6.82. The number of carbonyl (C=O) groups is 1. The van der Waals surface area contributed by atoms with E-state index in [0.717, 1.165) is 0 Å². The molecule has 1 aromatic carbocycles. The number of rotatable bonds is 6. The van der Waals surface area contributed by atoms with Gasteiger partial charge in [0, 0.05) is 25.1 Å². The van der Waals surface area contributed by atoms with E-state index in [0.29, 0.717) is 30.9 Å². The first kappa shape index (κ1) is 14.6. The normalized spacial score (nSPS) is 21.4. The van der Waals surface area contributed by atoms with Crippen LogP contribution in [0, 0.1) is 0 Å². The predicted molar refractivity (Wildman–Crippen MR) is 74.9 cm³/mol. The van der Waals surface area contributed by atoms with E-state index in [1.807, 2.05) is 0 Å². The first-order valence-corrected chi connectivity index (χ1v) is 6.55. The van der Waals surface area contributed by atoms with Gasteiger partial charge in [0.15, 0.2) is 0 Å². The highest BCUT2D eigenvalue weighted by Gasteiger charge is 2.32. The molecule has 1 amide bonds. The molecule has 108 valence electrons. The topological polar surface area (TPSA) is 67.8 Å². The molecule has 0 radical (unpaired) electrons. The van der Waals surface area contributed by atoms with Crippen LogP contribution in [0.1, 0.15) is 16.8 Å². The first-order chi connectivity index (χ1) is 9.63. The fourth-order valence-corrected chi connectivity index (χ4v) is 1.94. The Balaban J connectivity index is 1.87. The Morgan fingerprint density at radius 3 is 2.85 bits per heavy atom. The maximum atomic E-state index is 11.9. The summed E-state index contributed by atoms with van der Waals surface area (Å²) in [5.41, 5.74) is -0.415. The van der Waals surface area contributed by atoms with E-state index in [1.54, 1.807) is 30.3 Å². The minimum atomic E-state index is -0.942. The minimum absolute atomic E-state index is 0.195. The van der Waals surface area contributed by atoms with Gasteiger partial charge >= 0.3 is 0 Å². The lowest BCUT2D eigenvalue weighted by atomic mass is 10.0. The lowest BCUT2D eigenvalue weighted by Gasteiger charge is -2.20. The van der Waals surface area contributed by atoms with Gasteiger partial charge in [-0.3, -0.25) is 4.79 Å². The fourth-order valence-electron chi connectivity index (χ4n) is 1.94. The summed E-state index contributed by atoms with van der Waals surface area (Å²) < 4.78 is 10.5. The van der Waals surface area contributed by atoms with E-state index in [9.17, 15) is 9.90 Å². The number of carbonyl (C=O) groups excluding carboxylic acids is 1. The largest absolute Gasteiger partial charge is 0.490 e. The zero-order valence-corrected chi connectivity index (χ0v) is 11.3. The molecule has 5 heteroatoms. The van der Waals surface area contributed by atoms with Crippen LogP contribution in [0.3, 0.4) is 0 Å². The van der Waals surface area contributed by atoms with Crippen molar-refractivity contribution in [1.29, 1.82) is 0 Å². The van der Waals surface area contributed by atoms with Crippen LogP contribution in [0.15, 0.2) is 36.9 Å². The molecule has 1 saturated heterocycles. The van der Waals surface area contributed by atoms with Crippen LogP contribution in [0.4, 0.5) is 0 Å². The zero-order valence-electron chi connectivity index (χ0n) is 11.3. The van der Waals surface area contributed by atoms with E-state index in [-0.39, 0.29) is 19.1 Å². The van der Waals surface area contributed by atoms with Crippen molar-refractivity contribution < 1.29 is 19.4 Å². The second-order valence-corrected chi connectivity index (χ2v) is 4.83. The predicted octanol–water partition coefficient (Wildman–Crippen LogP) is 1.13. The molecule has 1 aliphatic rings. The van der Waals surface area contributed by atoms with Crippen molar-refractivity contribution in [3.63, 3.8) is 0 Å². The maximum Gasteiger partial charge on any atom is 0.251 e. The van der Waals surface area contributed by atoms with Gasteiger partial charge in [-0.05, 0) is 24.3 Å². The third kappa shape index (κ3) is 3.82. The highest BCUT2D eigenvalue weighted by Crippen LogP contribution is 2.17. The molecule has 2 N–H and O–H groups in total. The second kappa shape index (κ2) is 6.54. The smallest absolute Gasteiger partial charge is 0.251 e. The standard InChI is InChI=1S/C15H19NO4/c1-2-8-20-13-5-3-12(4-6-13)14(17)16-10-15(18)7-9-19-11-15/h2-6,18H,1,7-11H2,(H,16,17). The van der Waals surface area contributed by atoms with Crippen LogP contribution in [0.2, 0.25) is 0 Å². The molecule has 1 aliphatic heterocycles. The molecule has 0 spiro atoms. The Kier molecular flexibility index (Phi) is 4.76. The lowest BCUT2D eigenvalue weighted by molar-refractivity contribution is 0.0264. The SMILES string of the molecule is C=CCOc1ccc(C(=O)NCC2(O)CCOC2)cc1. The monoisotopic (exact) mass is 277 g/mol. The van der Waals surface area contributed by atoms with Gasteiger partial charge in [0.05, 0.1) is 6.61 Å². The van der Waals surface area contributed by atoms with Crippen molar-refractivity contribution in [2.75, 3.05) is 26.4 Å². The minimum Gasteiger partial charge on any atom is -0.490 e. The van der Waals surface area contributed by atoms with E-state index in [4.69, 9.17) is 9.47 Å². The quantitative estimate of drug-likeness (QED) is 0.765.